The van der Waals surface area contributed by atoms with Crippen LogP contribution in [0.25, 0.3) is 0 Å². The summed E-state index contributed by atoms with van der Waals surface area (Å²) in [5.41, 5.74) is -0.159. The highest BCUT2D eigenvalue weighted by Crippen LogP contribution is 2.06. The minimum atomic E-state index is -0.384. The molecule has 116 valence electrons. The standard InChI is InChI=1S/C15H28O4Si/c1-5-9-11-17-15(18-12-10-6-2)20-14(8-4)19-13(16)7-3/h7,14-15H,3,5-6,8-12H2,1-2,4H3. The van der Waals surface area contributed by atoms with E-state index < -0.39 is 0 Å². The Bertz CT molecular complexity index is 248. The first-order valence-corrected chi connectivity index (χ1v) is 8.65. The number of rotatable bonds is 13. The molecule has 0 N–H and O–H groups in total. The van der Waals surface area contributed by atoms with Crippen LogP contribution in [0.15, 0.2) is 12.7 Å². The number of unbranched alkanes of at least 4 members (excludes halogenated alkanes) is 2. The monoisotopic (exact) mass is 300 g/mol. The van der Waals surface area contributed by atoms with Crippen LogP contribution in [0.5, 0.6) is 0 Å². The molecule has 5 heteroatoms. The van der Waals surface area contributed by atoms with Crippen LogP contribution in [-0.2, 0) is 19.0 Å². The Morgan fingerprint density at radius 3 is 2.10 bits per heavy atom. The normalized spacial score (nSPS) is 12.4. The Balaban J connectivity index is 4.25. The molecule has 0 aliphatic rings. The molecule has 0 aliphatic heterocycles. The average Bonchev–Trinajstić information content (AvgIpc) is 2.46. The minimum absolute atomic E-state index is 0.159. The number of carbonyl (C=O) groups is 1. The van der Waals surface area contributed by atoms with E-state index in [0.29, 0.717) is 22.7 Å². The molecule has 0 aromatic heterocycles. The highest BCUT2D eigenvalue weighted by molar-refractivity contribution is 6.38. The Kier molecular flexibility index (Phi) is 12.9. The van der Waals surface area contributed by atoms with Gasteiger partial charge in [-0.25, -0.2) is 4.79 Å². The largest absolute Gasteiger partial charge is 0.463 e. The number of carbonyl (C=O) groups excluding carboxylic acids is 1. The summed E-state index contributed by atoms with van der Waals surface area (Å²) in [5.74, 6) is -0.652. The second kappa shape index (κ2) is 13.3. The molecular weight excluding hydrogens is 272 g/mol. The van der Waals surface area contributed by atoms with Crippen molar-refractivity contribution in [1.29, 1.82) is 0 Å². The van der Waals surface area contributed by atoms with E-state index in [-0.39, 0.29) is 17.6 Å². The smallest absolute Gasteiger partial charge is 0.330 e. The summed E-state index contributed by atoms with van der Waals surface area (Å²) in [6, 6.07) is 0. The molecule has 0 aliphatic carbocycles. The van der Waals surface area contributed by atoms with Gasteiger partial charge in [0.05, 0.1) is 5.73 Å². The first kappa shape index (κ1) is 19.3. The number of hydrogen-bond donors (Lipinski definition) is 0. The summed E-state index contributed by atoms with van der Waals surface area (Å²) in [5, 5.41) is 0. The van der Waals surface area contributed by atoms with Gasteiger partial charge in [-0.05, 0) is 19.3 Å². The molecule has 0 spiro atoms. The van der Waals surface area contributed by atoms with Gasteiger partial charge in [0.15, 0.2) is 9.52 Å². The fourth-order valence-corrected chi connectivity index (χ4v) is 2.54. The van der Waals surface area contributed by atoms with E-state index in [1.165, 1.54) is 6.08 Å². The summed E-state index contributed by atoms with van der Waals surface area (Å²) in [7, 11) is 0.298. The van der Waals surface area contributed by atoms with Crippen molar-refractivity contribution in [3.63, 3.8) is 0 Å². The molecule has 0 aromatic carbocycles. The van der Waals surface area contributed by atoms with Crippen molar-refractivity contribution in [2.24, 2.45) is 0 Å². The number of ether oxygens (including phenoxy) is 3. The number of hydrogen-bond acceptors (Lipinski definition) is 4. The zero-order chi connectivity index (χ0) is 15.2. The second-order valence-electron chi connectivity index (χ2n) is 4.49. The minimum Gasteiger partial charge on any atom is -0.463 e. The third-order valence-corrected chi connectivity index (χ3v) is 4.16. The average molecular weight is 300 g/mol. The van der Waals surface area contributed by atoms with Crippen molar-refractivity contribution in [1.82, 2.24) is 0 Å². The molecule has 1 atom stereocenters. The van der Waals surface area contributed by atoms with Gasteiger partial charge >= 0.3 is 5.97 Å². The van der Waals surface area contributed by atoms with Crippen molar-refractivity contribution in [2.45, 2.75) is 64.5 Å². The maximum Gasteiger partial charge on any atom is 0.330 e. The van der Waals surface area contributed by atoms with Crippen LogP contribution in [0, 0.1) is 0 Å². The Morgan fingerprint density at radius 2 is 1.70 bits per heavy atom. The van der Waals surface area contributed by atoms with Crippen LogP contribution < -0.4 is 0 Å². The van der Waals surface area contributed by atoms with Gasteiger partial charge in [0, 0.05) is 19.3 Å². The lowest BCUT2D eigenvalue weighted by molar-refractivity contribution is -0.140. The predicted octanol–water partition coefficient (Wildman–Crippen LogP) is 3.07. The molecule has 1 unspecified atom stereocenters. The van der Waals surface area contributed by atoms with Crippen LogP contribution >= 0.6 is 0 Å². The van der Waals surface area contributed by atoms with Crippen LogP contribution in [-0.4, -0.2) is 40.3 Å². The van der Waals surface area contributed by atoms with E-state index in [0.717, 1.165) is 32.1 Å². The van der Waals surface area contributed by atoms with Crippen molar-refractivity contribution in [3.05, 3.63) is 12.7 Å². The summed E-state index contributed by atoms with van der Waals surface area (Å²) in [6.07, 6.45) is 6.16. The predicted molar refractivity (Wildman–Crippen MR) is 81.6 cm³/mol. The van der Waals surface area contributed by atoms with Gasteiger partial charge in [-0.2, -0.15) is 0 Å². The van der Waals surface area contributed by atoms with Gasteiger partial charge in [0.2, 0.25) is 0 Å². The lowest BCUT2D eigenvalue weighted by Gasteiger charge is -2.22. The van der Waals surface area contributed by atoms with E-state index in [4.69, 9.17) is 14.2 Å². The van der Waals surface area contributed by atoms with E-state index in [1.807, 2.05) is 6.92 Å². The highest BCUT2D eigenvalue weighted by Gasteiger charge is 2.20. The summed E-state index contributed by atoms with van der Waals surface area (Å²) < 4.78 is 16.8. The van der Waals surface area contributed by atoms with Crippen LogP contribution in [0.1, 0.15) is 52.9 Å². The molecule has 0 bridgehead atoms. The molecule has 2 radical (unpaired) electrons. The lowest BCUT2D eigenvalue weighted by Crippen LogP contribution is -2.36. The fraction of sp³-hybridized carbons (Fsp3) is 0.800. The lowest BCUT2D eigenvalue weighted by atomic mass is 10.4. The first-order chi connectivity index (χ1) is 9.67. The van der Waals surface area contributed by atoms with E-state index in [1.54, 1.807) is 0 Å². The molecule has 0 saturated carbocycles. The van der Waals surface area contributed by atoms with Crippen LogP contribution in [0.2, 0.25) is 0 Å². The van der Waals surface area contributed by atoms with Gasteiger partial charge in [-0.3, -0.25) is 0 Å². The molecule has 0 rings (SSSR count). The van der Waals surface area contributed by atoms with Gasteiger partial charge < -0.3 is 14.2 Å². The molecule has 0 amide bonds. The fourth-order valence-electron chi connectivity index (χ4n) is 1.39. The third-order valence-electron chi connectivity index (χ3n) is 2.65. The summed E-state index contributed by atoms with van der Waals surface area (Å²) in [4.78, 5) is 11.3. The Labute approximate surface area is 125 Å². The maximum atomic E-state index is 11.3. The third kappa shape index (κ3) is 10.2. The van der Waals surface area contributed by atoms with Crippen molar-refractivity contribution < 1.29 is 19.0 Å². The van der Waals surface area contributed by atoms with Crippen LogP contribution in [0.3, 0.4) is 0 Å². The summed E-state index contributed by atoms with van der Waals surface area (Å²) in [6.45, 7) is 11.0. The van der Waals surface area contributed by atoms with Crippen molar-refractivity contribution in [2.75, 3.05) is 13.2 Å². The van der Waals surface area contributed by atoms with Gasteiger partial charge in [0.25, 0.3) is 0 Å². The molecule has 0 aromatic rings. The van der Waals surface area contributed by atoms with E-state index in [9.17, 15) is 4.79 Å². The molecule has 0 heterocycles. The van der Waals surface area contributed by atoms with Gasteiger partial charge in [-0.15, -0.1) is 0 Å². The quantitative estimate of drug-likeness (QED) is 0.172. The molecule has 4 nitrogen and oxygen atoms in total. The maximum absolute atomic E-state index is 11.3. The van der Waals surface area contributed by atoms with Gasteiger partial charge in [0.1, 0.15) is 5.91 Å². The highest BCUT2D eigenvalue weighted by atomic mass is 28.2. The van der Waals surface area contributed by atoms with Crippen molar-refractivity contribution in [3.8, 4) is 0 Å². The Hall–Kier alpha value is -0.653. The zero-order valence-electron chi connectivity index (χ0n) is 13.0. The summed E-state index contributed by atoms with van der Waals surface area (Å²) >= 11 is 0. The van der Waals surface area contributed by atoms with E-state index in [2.05, 4.69) is 20.4 Å². The Morgan fingerprint density at radius 1 is 1.15 bits per heavy atom. The zero-order valence-corrected chi connectivity index (χ0v) is 14.0. The molecular formula is C15H28O4Si. The molecule has 20 heavy (non-hydrogen) atoms. The topological polar surface area (TPSA) is 44.8 Å². The second-order valence-corrected chi connectivity index (χ2v) is 5.93. The number of esters is 1. The van der Waals surface area contributed by atoms with Crippen molar-refractivity contribution >= 4 is 15.5 Å². The van der Waals surface area contributed by atoms with Crippen LogP contribution in [0.4, 0.5) is 0 Å². The first-order valence-electron chi connectivity index (χ1n) is 7.50. The molecule has 0 saturated heterocycles. The SMILES string of the molecule is C=CC(=O)OC(CC)[Si]C(OCCCC)OCCCC. The molecule has 0 fully saturated rings. The van der Waals surface area contributed by atoms with Gasteiger partial charge in [-0.1, -0.05) is 40.2 Å². The van der Waals surface area contributed by atoms with E-state index >= 15 is 0 Å².